The van der Waals surface area contributed by atoms with Gasteiger partial charge in [-0.1, -0.05) is 6.07 Å². The summed E-state index contributed by atoms with van der Waals surface area (Å²) in [6.07, 6.45) is 0.0689. The molecule has 2 aromatic heterocycles. The molecule has 11 nitrogen and oxygen atoms in total. The molecule has 1 saturated carbocycles. The van der Waals surface area contributed by atoms with E-state index in [0.29, 0.717) is 41.8 Å². The zero-order valence-corrected chi connectivity index (χ0v) is 30.3. The number of rotatable bonds is 7. The molecule has 0 spiro atoms. The van der Waals surface area contributed by atoms with E-state index >= 15 is 0 Å². The topological polar surface area (TPSA) is 158 Å². The van der Waals surface area contributed by atoms with Crippen LogP contribution < -0.4 is 16.1 Å². The highest BCUT2D eigenvalue weighted by Gasteiger charge is 2.33. The van der Waals surface area contributed by atoms with Gasteiger partial charge in [-0.3, -0.25) is 4.57 Å². The Bertz CT molecular complexity index is 2430. The third kappa shape index (κ3) is 7.29. The van der Waals surface area contributed by atoms with Crippen LogP contribution in [0.25, 0.3) is 22.8 Å². The fourth-order valence-corrected chi connectivity index (χ4v) is 8.12. The van der Waals surface area contributed by atoms with E-state index in [1.165, 1.54) is 23.0 Å². The van der Waals surface area contributed by atoms with Crippen LogP contribution in [0.2, 0.25) is 0 Å². The third-order valence-corrected chi connectivity index (χ3v) is 11.4. The number of aromatic nitrogens is 4. The van der Waals surface area contributed by atoms with Gasteiger partial charge >= 0.3 is 17.9 Å². The number of nitrogens with zero attached hydrogens (tertiary/aromatic N) is 5. The highest BCUT2D eigenvalue weighted by atomic mass is 32.2. The Labute approximate surface area is 304 Å². The van der Waals surface area contributed by atoms with Gasteiger partial charge < -0.3 is 5.32 Å². The predicted molar refractivity (Wildman–Crippen MR) is 192 cm³/mol. The standard InChI is InChI=1S/C38H38F3N7O4S/c1-22-23(2)28(19-34(24(22)3)53(43,51)52)18-26-8-12-30(13-9-26)45-36(49)47-35(33-16-17-44-48(33)31-14-10-27(21-42)11-15-31)25(4)46(37(47)50)32-7-5-6-29(20-32)38(39,40)41/h5-7,10-11,14-17,19-20,26,30H,8-9,12-13,18H2,1-4H3,(H,45,49)(H2,43,51,52). The minimum atomic E-state index is -4.66. The molecule has 53 heavy (non-hydrogen) atoms. The SMILES string of the molecule is Cc1c(CC2CCC(NC(=O)n3c(-c4ccnn4-c4ccc(C#N)cc4)c(C)n(-c4cccc(C(F)(F)F)c4)c3=O)CC2)cc(S(N)(=O)=O)c(C)c1C. The second-order valence-corrected chi connectivity index (χ2v) is 15.1. The molecule has 6 rings (SSSR count). The summed E-state index contributed by atoms with van der Waals surface area (Å²) in [5, 5.41) is 22.2. The molecule has 0 radical (unpaired) electrons. The van der Waals surface area contributed by atoms with Crippen LogP contribution >= 0.6 is 0 Å². The molecule has 1 fully saturated rings. The van der Waals surface area contributed by atoms with Gasteiger partial charge in [-0.05, 0) is 143 Å². The molecule has 0 bridgehead atoms. The van der Waals surface area contributed by atoms with Crippen molar-refractivity contribution in [3.63, 3.8) is 0 Å². The Kier molecular flexibility index (Phi) is 9.97. The highest BCUT2D eigenvalue weighted by Crippen LogP contribution is 2.34. The molecule has 0 aliphatic heterocycles. The minimum Gasteiger partial charge on any atom is -0.335 e. The van der Waals surface area contributed by atoms with Gasteiger partial charge in [-0.15, -0.1) is 0 Å². The van der Waals surface area contributed by atoms with Crippen LogP contribution in [0.5, 0.6) is 0 Å². The number of nitrogens with one attached hydrogen (secondary N) is 1. The number of carbonyl (C=O) groups excluding carboxylic acids is 1. The second kappa shape index (κ2) is 14.2. The first-order chi connectivity index (χ1) is 25.0. The van der Waals surface area contributed by atoms with Crippen molar-refractivity contribution in [3.8, 4) is 28.8 Å². The average molecular weight is 746 g/mol. The highest BCUT2D eigenvalue weighted by molar-refractivity contribution is 7.89. The summed E-state index contributed by atoms with van der Waals surface area (Å²) >= 11 is 0. The number of hydrogen-bond donors (Lipinski definition) is 2. The van der Waals surface area contributed by atoms with E-state index < -0.39 is 33.5 Å². The number of carbonyl (C=O) groups is 1. The lowest BCUT2D eigenvalue weighted by atomic mass is 9.81. The normalized spacial score (nSPS) is 16.4. The van der Waals surface area contributed by atoms with Crippen LogP contribution in [-0.2, 0) is 22.6 Å². The molecule has 5 aromatic rings. The average Bonchev–Trinajstić information content (AvgIpc) is 3.69. The monoisotopic (exact) mass is 745 g/mol. The Morgan fingerprint density at radius 2 is 1.64 bits per heavy atom. The van der Waals surface area contributed by atoms with Crippen molar-refractivity contribution in [2.45, 2.75) is 76.9 Å². The van der Waals surface area contributed by atoms with Crippen molar-refractivity contribution in [1.29, 1.82) is 5.26 Å². The molecular formula is C38H38F3N7O4S. The molecule has 3 aromatic carbocycles. The van der Waals surface area contributed by atoms with Crippen LogP contribution in [0.1, 0.15) is 64.8 Å². The maximum Gasteiger partial charge on any atom is 0.416 e. The smallest absolute Gasteiger partial charge is 0.335 e. The molecule has 0 atom stereocenters. The number of amides is 1. The molecule has 3 N–H and O–H groups in total. The van der Waals surface area contributed by atoms with E-state index in [0.717, 1.165) is 50.8 Å². The van der Waals surface area contributed by atoms with Crippen LogP contribution in [0.3, 0.4) is 0 Å². The van der Waals surface area contributed by atoms with E-state index in [9.17, 15) is 36.4 Å². The lowest BCUT2D eigenvalue weighted by molar-refractivity contribution is -0.137. The molecule has 1 amide bonds. The van der Waals surface area contributed by atoms with Crippen molar-refractivity contribution in [3.05, 3.63) is 116 Å². The van der Waals surface area contributed by atoms with E-state index in [1.54, 1.807) is 50.2 Å². The number of benzene rings is 3. The third-order valence-electron chi connectivity index (χ3n) is 10.3. The zero-order valence-electron chi connectivity index (χ0n) is 29.5. The molecule has 2 heterocycles. The number of alkyl halides is 3. The number of sulfonamides is 1. The summed E-state index contributed by atoms with van der Waals surface area (Å²) in [7, 11) is -3.90. The number of primary sulfonamides is 1. The molecule has 0 saturated heterocycles. The fourth-order valence-electron chi connectivity index (χ4n) is 7.24. The van der Waals surface area contributed by atoms with Crippen LogP contribution in [0.15, 0.2) is 76.6 Å². The molecule has 1 aliphatic carbocycles. The van der Waals surface area contributed by atoms with Crippen molar-refractivity contribution < 1.29 is 26.4 Å². The number of halogens is 3. The van der Waals surface area contributed by atoms with E-state index in [4.69, 9.17) is 5.14 Å². The fraction of sp³-hybridized carbons (Fsp3) is 0.316. The lowest BCUT2D eigenvalue weighted by Crippen LogP contribution is -2.44. The minimum absolute atomic E-state index is 0.0627. The number of hydrogen-bond acceptors (Lipinski definition) is 6. The zero-order chi connectivity index (χ0) is 38.4. The number of nitrogens with two attached hydrogens (primary N) is 1. The van der Waals surface area contributed by atoms with E-state index in [-0.39, 0.29) is 33.9 Å². The largest absolute Gasteiger partial charge is 0.416 e. The summed E-state index contributed by atoms with van der Waals surface area (Å²) in [5.74, 6) is 0.210. The Morgan fingerprint density at radius 3 is 2.26 bits per heavy atom. The van der Waals surface area contributed by atoms with E-state index in [1.807, 2.05) is 13.8 Å². The molecule has 0 unspecified atom stereocenters. The van der Waals surface area contributed by atoms with Gasteiger partial charge in [-0.2, -0.15) is 23.5 Å². The Morgan fingerprint density at radius 1 is 0.962 bits per heavy atom. The van der Waals surface area contributed by atoms with E-state index in [2.05, 4.69) is 16.5 Å². The predicted octanol–water partition coefficient (Wildman–Crippen LogP) is 6.62. The van der Waals surface area contributed by atoms with Gasteiger partial charge in [0.05, 0.1) is 51.1 Å². The number of imidazole rings is 1. The van der Waals surface area contributed by atoms with Crippen molar-refractivity contribution in [2.75, 3.05) is 0 Å². The quantitative estimate of drug-likeness (QED) is 0.191. The van der Waals surface area contributed by atoms with Crippen LogP contribution in [0, 0.1) is 44.9 Å². The lowest BCUT2D eigenvalue weighted by Gasteiger charge is -2.30. The molecule has 276 valence electrons. The maximum absolute atomic E-state index is 14.2. The summed E-state index contributed by atoms with van der Waals surface area (Å²) in [6.45, 7) is 7.14. The summed E-state index contributed by atoms with van der Waals surface area (Å²) in [6, 6.07) is 15.1. The number of nitriles is 1. The molecule has 15 heteroatoms. The first kappa shape index (κ1) is 37.3. The first-order valence-corrected chi connectivity index (χ1v) is 18.5. The van der Waals surface area contributed by atoms with Gasteiger partial charge in [0.25, 0.3) is 0 Å². The maximum atomic E-state index is 14.2. The molecule has 1 aliphatic rings. The molecular weight excluding hydrogens is 708 g/mol. The van der Waals surface area contributed by atoms with Gasteiger partial charge in [0, 0.05) is 6.04 Å². The first-order valence-electron chi connectivity index (χ1n) is 17.0. The van der Waals surface area contributed by atoms with Crippen molar-refractivity contribution in [1.82, 2.24) is 24.2 Å². The van der Waals surface area contributed by atoms with Gasteiger partial charge in [0.2, 0.25) is 10.0 Å². The van der Waals surface area contributed by atoms with Gasteiger partial charge in [0.15, 0.2) is 0 Å². The summed E-state index contributed by atoms with van der Waals surface area (Å²) in [4.78, 5) is 28.4. The van der Waals surface area contributed by atoms with Gasteiger partial charge in [-0.25, -0.2) is 32.4 Å². The second-order valence-electron chi connectivity index (χ2n) is 13.5. The Hall–Kier alpha value is -5.46. The van der Waals surface area contributed by atoms with Gasteiger partial charge in [0.1, 0.15) is 5.69 Å². The van der Waals surface area contributed by atoms with Crippen molar-refractivity contribution >= 4 is 16.1 Å². The summed E-state index contributed by atoms with van der Waals surface area (Å²) < 4.78 is 69.2. The van der Waals surface area contributed by atoms with Crippen LogP contribution in [0.4, 0.5) is 18.0 Å². The van der Waals surface area contributed by atoms with Crippen molar-refractivity contribution in [2.24, 2.45) is 11.1 Å². The summed E-state index contributed by atoms with van der Waals surface area (Å²) in [5.41, 5.74) is 3.19. The Balaban J connectivity index is 1.32. The van der Waals surface area contributed by atoms with Crippen LogP contribution in [-0.4, -0.2) is 39.4 Å².